The predicted molar refractivity (Wildman–Crippen MR) is 74.8 cm³/mol. The normalized spacial score (nSPS) is 11.1. The molecule has 0 unspecified atom stereocenters. The number of hydrogen-bond acceptors (Lipinski definition) is 5. The molecule has 0 fully saturated rings. The van der Waals surface area contributed by atoms with Gasteiger partial charge in [-0.05, 0) is 18.6 Å². The summed E-state index contributed by atoms with van der Waals surface area (Å²) in [5.74, 6) is 0.520. The summed E-state index contributed by atoms with van der Waals surface area (Å²) in [6.45, 7) is 1.97. The standard InChI is InChI=1S/C12H11ClN6/c1-6-2-3-7(8(13)4-6)9-5-19-11(10(14)16-9)17-18-12(19)15/h2-5H,1H3,(H2,14,16)(H2,15,18). The molecule has 2 heterocycles. The van der Waals surface area contributed by atoms with Gasteiger partial charge in [-0.1, -0.05) is 23.7 Å². The fraction of sp³-hybridized carbons (Fsp3) is 0.0833. The number of fused-ring (bicyclic) bond motifs is 1. The Labute approximate surface area is 114 Å². The second-order valence-electron chi connectivity index (χ2n) is 4.25. The Balaban J connectivity index is 2.27. The zero-order valence-corrected chi connectivity index (χ0v) is 10.9. The third kappa shape index (κ3) is 1.86. The van der Waals surface area contributed by atoms with Crippen molar-refractivity contribution in [2.75, 3.05) is 11.5 Å². The molecule has 0 saturated heterocycles. The Morgan fingerprint density at radius 2 is 2.00 bits per heavy atom. The van der Waals surface area contributed by atoms with Crippen molar-refractivity contribution >= 4 is 29.0 Å². The summed E-state index contributed by atoms with van der Waals surface area (Å²) in [6, 6.07) is 5.72. The predicted octanol–water partition coefficient (Wildman–Crippen LogP) is 1.92. The zero-order chi connectivity index (χ0) is 13.6. The fourth-order valence-corrected chi connectivity index (χ4v) is 2.23. The van der Waals surface area contributed by atoms with E-state index in [4.69, 9.17) is 23.1 Å². The van der Waals surface area contributed by atoms with Gasteiger partial charge in [0.1, 0.15) is 0 Å². The first-order valence-corrected chi connectivity index (χ1v) is 5.97. The van der Waals surface area contributed by atoms with Crippen LogP contribution >= 0.6 is 11.6 Å². The van der Waals surface area contributed by atoms with Crippen LogP contribution in [0.1, 0.15) is 5.56 Å². The van der Waals surface area contributed by atoms with Crippen molar-refractivity contribution in [3.05, 3.63) is 35.0 Å². The molecule has 0 saturated carbocycles. The lowest BCUT2D eigenvalue weighted by Gasteiger charge is -2.07. The Morgan fingerprint density at radius 1 is 1.21 bits per heavy atom. The second-order valence-corrected chi connectivity index (χ2v) is 4.65. The second kappa shape index (κ2) is 4.10. The topological polar surface area (TPSA) is 95.1 Å². The number of benzene rings is 1. The Morgan fingerprint density at radius 3 is 2.74 bits per heavy atom. The summed E-state index contributed by atoms with van der Waals surface area (Å²) in [5.41, 5.74) is 14.5. The molecule has 0 amide bonds. The highest BCUT2D eigenvalue weighted by molar-refractivity contribution is 6.33. The van der Waals surface area contributed by atoms with E-state index in [1.54, 1.807) is 10.6 Å². The molecule has 96 valence electrons. The average molecular weight is 275 g/mol. The van der Waals surface area contributed by atoms with Gasteiger partial charge >= 0.3 is 0 Å². The van der Waals surface area contributed by atoms with Crippen LogP contribution in [0.5, 0.6) is 0 Å². The third-order valence-corrected chi connectivity index (χ3v) is 3.16. The number of nitrogens with two attached hydrogens (primary N) is 2. The number of hydrogen-bond donors (Lipinski definition) is 2. The first-order chi connectivity index (χ1) is 9.06. The van der Waals surface area contributed by atoms with E-state index < -0.39 is 0 Å². The van der Waals surface area contributed by atoms with Gasteiger partial charge in [-0.25, -0.2) is 4.98 Å². The van der Waals surface area contributed by atoms with Gasteiger partial charge in [0.15, 0.2) is 5.82 Å². The molecule has 19 heavy (non-hydrogen) atoms. The van der Waals surface area contributed by atoms with Gasteiger partial charge in [0, 0.05) is 11.8 Å². The van der Waals surface area contributed by atoms with Crippen LogP contribution in [-0.2, 0) is 0 Å². The fourth-order valence-electron chi connectivity index (χ4n) is 1.89. The third-order valence-electron chi connectivity index (χ3n) is 2.84. The molecule has 0 aliphatic rings. The van der Waals surface area contributed by atoms with E-state index >= 15 is 0 Å². The quantitative estimate of drug-likeness (QED) is 0.707. The highest BCUT2D eigenvalue weighted by Gasteiger charge is 2.12. The number of rotatable bonds is 1. The number of anilines is 2. The van der Waals surface area contributed by atoms with Crippen molar-refractivity contribution in [2.45, 2.75) is 6.92 Å². The molecule has 0 radical (unpaired) electrons. The van der Waals surface area contributed by atoms with Crippen molar-refractivity contribution in [3.8, 4) is 11.3 Å². The molecular weight excluding hydrogens is 264 g/mol. The SMILES string of the molecule is Cc1ccc(-c2cn3c(N)nnc3c(N)n2)c(Cl)c1. The van der Waals surface area contributed by atoms with Gasteiger partial charge in [0.25, 0.3) is 0 Å². The molecular formula is C12H11ClN6. The summed E-state index contributed by atoms with van der Waals surface area (Å²) < 4.78 is 1.59. The Kier molecular flexibility index (Phi) is 2.53. The van der Waals surface area contributed by atoms with Gasteiger partial charge in [0.2, 0.25) is 11.6 Å². The number of aromatic nitrogens is 4. The number of aryl methyl sites for hydroxylation is 1. The van der Waals surface area contributed by atoms with Crippen LogP contribution in [0.2, 0.25) is 5.02 Å². The first-order valence-electron chi connectivity index (χ1n) is 5.59. The van der Waals surface area contributed by atoms with E-state index in [2.05, 4.69) is 15.2 Å². The smallest absolute Gasteiger partial charge is 0.226 e. The van der Waals surface area contributed by atoms with Gasteiger partial charge in [-0.2, -0.15) is 0 Å². The molecule has 3 aromatic rings. The van der Waals surface area contributed by atoms with Crippen molar-refractivity contribution in [2.24, 2.45) is 0 Å². The molecule has 6 nitrogen and oxygen atoms in total. The molecule has 0 atom stereocenters. The highest BCUT2D eigenvalue weighted by Crippen LogP contribution is 2.28. The summed E-state index contributed by atoms with van der Waals surface area (Å²) >= 11 is 6.23. The summed E-state index contributed by atoms with van der Waals surface area (Å²) in [4.78, 5) is 4.29. The van der Waals surface area contributed by atoms with Crippen molar-refractivity contribution < 1.29 is 0 Å². The zero-order valence-electron chi connectivity index (χ0n) is 10.1. The van der Waals surface area contributed by atoms with E-state index in [0.717, 1.165) is 11.1 Å². The van der Waals surface area contributed by atoms with Crippen LogP contribution < -0.4 is 11.5 Å². The van der Waals surface area contributed by atoms with Crippen LogP contribution in [0, 0.1) is 6.92 Å². The van der Waals surface area contributed by atoms with E-state index in [1.807, 2.05) is 25.1 Å². The van der Waals surface area contributed by atoms with E-state index in [1.165, 1.54) is 0 Å². The maximum atomic E-state index is 6.23. The molecule has 4 N–H and O–H groups in total. The van der Waals surface area contributed by atoms with Crippen LogP contribution in [0.15, 0.2) is 24.4 Å². The lowest BCUT2D eigenvalue weighted by Crippen LogP contribution is -2.01. The molecule has 0 aliphatic carbocycles. The first kappa shape index (κ1) is 11.7. The number of nitrogens with zero attached hydrogens (tertiary/aromatic N) is 4. The Hall–Kier alpha value is -2.34. The monoisotopic (exact) mass is 274 g/mol. The summed E-state index contributed by atoms with van der Waals surface area (Å²) in [5, 5.41) is 8.23. The van der Waals surface area contributed by atoms with E-state index in [-0.39, 0.29) is 11.8 Å². The van der Waals surface area contributed by atoms with Crippen molar-refractivity contribution in [1.29, 1.82) is 0 Å². The Bertz CT molecular complexity index is 779. The maximum Gasteiger partial charge on any atom is 0.226 e. The van der Waals surface area contributed by atoms with Crippen LogP contribution in [0.3, 0.4) is 0 Å². The largest absolute Gasteiger partial charge is 0.381 e. The van der Waals surface area contributed by atoms with Crippen LogP contribution in [0.25, 0.3) is 16.9 Å². The molecule has 0 aliphatic heterocycles. The van der Waals surface area contributed by atoms with E-state index in [9.17, 15) is 0 Å². The minimum Gasteiger partial charge on any atom is -0.381 e. The average Bonchev–Trinajstić information content (AvgIpc) is 2.72. The highest BCUT2D eigenvalue weighted by atomic mass is 35.5. The lowest BCUT2D eigenvalue weighted by molar-refractivity contribution is 1.12. The minimum absolute atomic E-state index is 0.258. The maximum absolute atomic E-state index is 6.23. The number of nitrogen functional groups attached to an aromatic ring is 2. The van der Waals surface area contributed by atoms with Gasteiger partial charge in [0.05, 0.1) is 10.7 Å². The van der Waals surface area contributed by atoms with Gasteiger partial charge in [-0.3, -0.25) is 4.40 Å². The van der Waals surface area contributed by atoms with Crippen LogP contribution in [-0.4, -0.2) is 19.6 Å². The summed E-state index contributed by atoms with van der Waals surface area (Å²) in [7, 11) is 0. The van der Waals surface area contributed by atoms with Crippen LogP contribution in [0.4, 0.5) is 11.8 Å². The lowest BCUT2D eigenvalue weighted by atomic mass is 10.1. The molecule has 0 bridgehead atoms. The molecule has 7 heteroatoms. The molecule has 0 spiro atoms. The molecule has 3 rings (SSSR count). The summed E-state index contributed by atoms with van der Waals surface area (Å²) in [6.07, 6.45) is 1.72. The minimum atomic E-state index is 0.258. The van der Waals surface area contributed by atoms with Gasteiger partial charge < -0.3 is 11.5 Å². The number of halogens is 1. The van der Waals surface area contributed by atoms with Gasteiger partial charge in [-0.15, -0.1) is 10.2 Å². The molecule has 1 aromatic carbocycles. The van der Waals surface area contributed by atoms with E-state index in [0.29, 0.717) is 16.4 Å². The van der Waals surface area contributed by atoms with Crippen molar-refractivity contribution in [1.82, 2.24) is 19.6 Å². The van der Waals surface area contributed by atoms with Crippen molar-refractivity contribution in [3.63, 3.8) is 0 Å². The molecule has 2 aromatic heterocycles.